The van der Waals surface area contributed by atoms with E-state index in [-0.39, 0.29) is 18.4 Å². The van der Waals surface area contributed by atoms with Crippen molar-refractivity contribution in [2.45, 2.75) is 51.5 Å². The molecule has 6 heteroatoms. The Morgan fingerprint density at radius 3 is 2.62 bits per heavy atom. The maximum Gasteiger partial charge on any atom is 0.237 e. The predicted molar refractivity (Wildman–Crippen MR) is 84.5 cm³/mol. The molecule has 0 bridgehead atoms. The van der Waals surface area contributed by atoms with Crippen LogP contribution in [0.2, 0.25) is 0 Å². The van der Waals surface area contributed by atoms with Gasteiger partial charge in [0.2, 0.25) is 5.91 Å². The van der Waals surface area contributed by atoms with Crippen LogP contribution in [0.3, 0.4) is 0 Å². The third-order valence-electron chi connectivity index (χ3n) is 3.89. The second-order valence-corrected chi connectivity index (χ2v) is 5.91. The van der Waals surface area contributed by atoms with E-state index < -0.39 is 0 Å². The lowest BCUT2D eigenvalue weighted by molar-refractivity contribution is -0.116. The molecule has 1 saturated carbocycles. The number of primary amides is 1. The third kappa shape index (κ3) is 3.83. The largest absolute Gasteiger partial charge is 0.373 e. The monoisotopic (exact) mass is 291 g/mol. The molecule has 0 aliphatic heterocycles. The highest BCUT2D eigenvalue weighted by Crippen LogP contribution is 2.28. The van der Waals surface area contributed by atoms with Gasteiger partial charge in [0.25, 0.3) is 0 Å². The molecule has 0 unspecified atom stereocenters. The van der Waals surface area contributed by atoms with Gasteiger partial charge < -0.3 is 16.0 Å². The zero-order chi connectivity index (χ0) is 15.4. The molecule has 1 fully saturated rings. The molecule has 3 N–H and O–H groups in total. The molecule has 1 aromatic rings. The molecule has 0 spiro atoms. The van der Waals surface area contributed by atoms with Crippen molar-refractivity contribution in [1.29, 1.82) is 0 Å². The smallest absolute Gasteiger partial charge is 0.237 e. The SMILES string of the molecule is CNc1cc(N(CC(N)=O)C2CCCC2)nc(C(C)C)n1. The molecular weight excluding hydrogens is 266 g/mol. The Hall–Kier alpha value is -1.85. The number of nitrogens with two attached hydrogens (primary N) is 1. The number of rotatable bonds is 6. The highest BCUT2D eigenvalue weighted by atomic mass is 16.1. The fourth-order valence-corrected chi connectivity index (χ4v) is 2.77. The molecule has 6 nitrogen and oxygen atoms in total. The van der Waals surface area contributed by atoms with E-state index in [4.69, 9.17) is 5.73 Å². The van der Waals surface area contributed by atoms with Crippen molar-refractivity contribution < 1.29 is 4.79 Å². The average Bonchev–Trinajstić information content (AvgIpc) is 2.97. The van der Waals surface area contributed by atoms with E-state index in [1.807, 2.05) is 18.0 Å². The zero-order valence-electron chi connectivity index (χ0n) is 13.1. The summed E-state index contributed by atoms with van der Waals surface area (Å²) < 4.78 is 0. The standard InChI is InChI=1S/C15H25N5O/c1-10(2)15-18-13(17-3)8-14(19-15)20(9-12(16)21)11-6-4-5-7-11/h8,10-11H,4-7,9H2,1-3H3,(H2,16,21)(H,17,18,19). The molecular formula is C15H25N5O. The zero-order valence-corrected chi connectivity index (χ0v) is 13.1. The number of carbonyl (C=O) groups is 1. The number of aromatic nitrogens is 2. The van der Waals surface area contributed by atoms with Crippen molar-refractivity contribution in [3.05, 3.63) is 11.9 Å². The average molecular weight is 291 g/mol. The lowest BCUT2D eigenvalue weighted by Gasteiger charge is -2.29. The van der Waals surface area contributed by atoms with Gasteiger partial charge in [0.1, 0.15) is 17.5 Å². The molecule has 1 amide bonds. The van der Waals surface area contributed by atoms with Crippen molar-refractivity contribution in [1.82, 2.24) is 9.97 Å². The van der Waals surface area contributed by atoms with Crippen LogP contribution in [-0.2, 0) is 4.79 Å². The van der Waals surface area contributed by atoms with Gasteiger partial charge in [0.15, 0.2) is 0 Å². The molecule has 21 heavy (non-hydrogen) atoms. The van der Waals surface area contributed by atoms with E-state index in [0.29, 0.717) is 6.04 Å². The Morgan fingerprint density at radius 2 is 2.10 bits per heavy atom. The van der Waals surface area contributed by atoms with Crippen LogP contribution in [0.5, 0.6) is 0 Å². The summed E-state index contributed by atoms with van der Waals surface area (Å²) in [5.41, 5.74) is 5.43. The van der Waals surface area contributed by atoms with E-state index in [0.717, 1.165) is 30.3 Å². The van der Waals surface area contributed by atoms with Gasteiger partial charge in [-0.1, -0.05) is 26.7 Å². The first kappa shape index (κ1) is 15.5. The number of carbonyl (C=O) groups excluding carboxylic acids is 1. The van der Waals surface area contributed by atoms with Crippen molar-refractivity contribution in [3.63, 3.8) is 0 Å². The molecule has 2 rings (SSSR count). The first-order valence-corrected chi connectivity index (χ1v) is 7.63. The van der Waals surface area contributed by atoms with Crippen molar-refractivity contribution in [3.8, 4) is 0 Å². The highest BCUT2D eigenvalue weighted by molar-refractivity contribution is 5.79. The summed E-state index contributed by atoms with van der Waals surface area (Å²) in [6.07, 6.45) is 4.56. The van der Waals surface area contributed by atoms with Crippen molar-refractivity contribution >= 4 is 17.5 Å². The Labute approximate surface area is 126 Å². The van der Waals surface area contributed by atoms with Gasteiger partial charge in [0.05, 0.1) is 6.54 Å². The first-order valence-electron chi connectivity index (χ1n) is 7.63. The number of nitrogens with zero attached hydrogens (tertiary/aromatic N) is 3. The Kier molecular flexibility index (Phi) is 4.98. The highest BCUT2D eigenvalue weighted by Gasteiger charge is 2.26. The lowest BCUT2D eigenvalue weighted by atomic mass is 10.2. The molecule has 0 radical (unpaired) electrons. The van der Waals surface area contributed by atoms with E-state index >= 15 is 0 Å². The minimum atomic E-state index is -0.322. The summed E-state index contributed by atoms with van der Waals surface area (Å²) in [5.74, 6) is 2.26. The molecule has 1 aromatic heterocycles. The van der Waals surface area contributed by atoms with Crippen LogP contribution in [0, 0.1) is 0 Å². The number of hydrogen-bond donors (Lipinski definition) is 2. The third-order valence-corrected chi connectivity index (χ3v) is 3.89. The molecule has 1 heterocycles. The van der Waals surface area contributed by atoms with Gasteiger partial charge in [-0.15, -0.1) is 0 Å². The van der Waals surface area contributed by atoms with Crippen LogP contribution < -0.4 is 16.0 Å². The normalized spacial score (nSPS) is 15.4. The minimum Gasteiger partial charge on any atom is -0.373 e. The molecule has 1 aliphatic rings. The van der Waals surface area contributed by atoms with Crippen LogP contribution in [-0.4, -0.2) is 35.5 Å². The fourth-order valence-electron chi connectivity index (χ4n) is 2.77. The van der Waals surface area contributed by atoms with Crippen LogP contribution in [0.1, 0.15) is 51.3 Å². The Balaban J connectivity index is 2.37. The number of hydrogen-bond acceptors (Lipinski definition) is 5. The maximum atomic E-state index is 11.4. The van der Waals surface area contributed by atoms with Crippen LogP contribution in [0.4, 0.5) is 11.6 Å². The molecule has 0 atom stereocenters. The van der Waals surface area contributed by atoms with E-state index in [9.17, 15) is 4.79 Å². The van der Waals surface area contributed by atoms with E-state index in [1.54, 1.807) is 0 Å². The molecule has 116 valence electrons. The van der Waals surface area contributed by atoms with Crippen LogP contribution >= 0.6 is 0 Å². The number of amides is 1. The van der Waals surface area contributed by atoms with Gasteiger partial charge >= 0.3 is 0 Å². The Morgan fingerprint density at radius 1 is 1.43 bits per heavy atom. The number of nitrogens with one attached hydrogen (secondary N) is 1. The summed E-state index contributed by atoms with van der Waals surface area (Å²) in [4.78, 5) is 22.6. The minimum absolute atomic E-state index is 0.211. The summed E-state index contributed by atoms with van der Waals surface area (Å²) in [6, 6.07) is 2.24. The molecule has 0 aromatic carbocycles. The van der Waals surface area contributed by atoms with Gasteiger partial charge in [0, 0.05) is 25.1 Å². The van der Waals surface area contributed by atoms with E-state index in [2.05, 4.69) is 29.1 Å². The van der Waals surface area contributed by atoms with Gasteiger partial charge in [-0.05, 0) is 12.8 Å². The van der Waals surface area contributed by atoms with Crippen molar-refractivity contribution in [2.75, 3.05) is 23.8 Å². The lowest BCUT2D eigenvalue weighted by Crippen LogP contribution is -2.41. The van der Waals surface area contributed by atoms with Crippen LogP contribution in [0.15, 0.2) is 6.07 Å². The van der Waals surface area contributed by atoms with Crippen molar-refractivity contribution in [2.24, 2.45) is 5.73 Å². The predicted octanol–water partition coefficient (Wildman–Crippen LogP) is 1.88. The van der Waals surface area contributed by atoms with Gasteiger partial charge in [-0.3, -0.25) is 4.79 Å². The molecule has 0 saturated heterocycles. The summed E-state index contributed by atoms with van der Waals surface area (Å²) >= 11 is 0. The fraction of sp³-hybridized carbons (Fsp3) is 0.667. The van der Waals surface area contributed by atoms with E-state index in [1.165, 1.54) is 12.8 Å². The van der Waals surface area contributed by atoms with Crippen LogP contribution in [0.25, 0.3) is 0 Å². The quantitative estimate of drug-likeness (QED) is 0.836. The topological polar surface area (TPSA) is 84.1 Å². The second-order valence-electron chi connectivity index (χ2n) is 5.91. The summed E-state index contributed by atoms with van der Waals surface area (Å²) in [5, 5.41) is 3.07. The Bertz CT molecular complexity index is 497. The summed E-state index contributed by atoms with van der Waals surface area (Å²) in [6.45, 7) is 4.33. The molecule has 1 aliphatic carbocycles. The second kappa shape index (κ2) is 6.74. The van der Waals surface area contributed by atoms with Gasteiger partial charge in [-0.25, -0.2) is 9.97 Å². The maximum absolute atomic E-state index is 11.4. The first-order chi connectivity index (χ1) is 10.0. The summed E-state index contributed by atoms with van der Waals surface area (Å²) in [7, 11) is 1.84. The number of anilines is 2. The van der Waals surface area contributed by atoms with Gasteiger partial charge in [-0.2, -0.15) is 0 Å².